The topological polar surface area (TPSA) is 60.1 Å². The van der Waals surface area contributed by atoms with Crippen molar-refractivity contribution in [1.82, 2.24) is 19.0 Å². The molecule has 0 spiro atoms. The summed E-state index contributed by atoms with van der Waals surface area (Å²) in [5.74, 6) is -1.55. The first-order valence-electron chi connectivity index (χ1n) is 10.8. The summed E-state index contributed by atoms with van der Waals surface area (Å²) in [5, 5.41) is 0. The Morgan fingerprint density at radius 3 is 2.73 bits per heavy atom. The van der Waals surface area contributed by atoms with Gasteiger partial charge in [0, 0.05) is 28.5 Å². The largest absolute Gasteiger partial charge is 0.392 e. The van der Waals surface area contributed by atoms with Crippen LogP contribution in [0, 0.1) is 12.8 Å². The van der Waals surface area contributed by atoms with E-state index in [4.69, 9.17) is 0 Å². The predicted octanol–water partition coefficient (Wildman–Crippen LogP) is 4.12. The number of hydrogen-bond donors (Lipinski definition) is 0. The third-order valence-corrected chi connectivity index (χ3v) is 7.75. The summed E-state index contributed by atoms with van der Waals surface area (Å²) in [5.41, 5.74) is 2.02. The Morgan fingerprint density at radius 2 is 2.03 bits per heavy atom. The van der Waals surface area contributed by atoms with E-state index in [1.54, 1.807) is 34.1 Å². The van der Waals surface area contributed by atoms with E-state index in [1.165, 1.54) is 15.9 Å². The van der Waals surface area contributed by atoms with Crippen LogP contribution < -0.4 is 5.56 Å². The van der Waals surface area contributed by atoms with Gasteiger partial charge in [-0.05, 0) is 56.9 Å². The average Bonchev–Trinajstić information content (AvgIpc) is 3.36. The molecule has 4 heterocycles. The highest BCUT2D eigenvalue weighted by Crippen LogP contribution is 2.40. The zero-order chi connectivity index (χ0) is 23.5. The summed E-state index contributed by atoms with van der Waals surface area (Å²) in [6.07, 6.45) is -0.309. The molecule has 1 aliphatic carbocycles. The molecular weight excluding hydrogens is 453 g/mol. The number of aromatic nitrogens is 3. The van der Waals surface area contributed by atoms with Crippen LogP contribution in [0.2, 0.25) is 0 Å². The lowest BCUT2D eigenvalue weighted by molar-refractivity contribution is -0.176. The standard InChI is InChI=1S/C23H23F3N4O2S/c1-13-9-28(12-27-13)18-4-5-19-22(32)29(14(2)10-30(19)21(18)31)11-17-8-15-7-16(23(24,25)26)3-6-20(15)33-17/h4-5,8-9,12,14,16H,3,6-7,10-11H2,1-2H3. The fourth-order valence-corrected chi connectivity index (χ4v) is 5.95. The highest BCUT2D eigenvalue weighted by molar-refractivity contribution is 7.12. The van der Waals surface area contributed by atoms with Gasteiger partial charge in [0.25, 0.3) is 11.5 Å². The molecule has 2 aliphatic rings. The minimum atomic E-state index is -4.18. The van der Waals surface area contributed by atoms with E-state index >= 15 is 0 Å². The number of halogens is 3. The molecular formula is C23H23F3N4O2S. The smallest absolute Gasteiger partial charge is 0.328 e. The number of fused-ring (bicyclic) bond motifs is 2. The molecule has 5 rings (SSSR count). The quantitative estimate of drug-likeness (QED) is 0.572. The maximum atomic E-state index is 13.3. The van der Waals surface area contributed by atoms with E-state index in [1.807, 2.05) is 19.9 Å². The van der Waals surface area contributed by atoms with Gasteiger partial charge in [-0.15, -0.1) is 11.3 Å². The van der Waals surface area contributed by atoms with Crippen LogP contribution >= 0.6 is 11.3 Å². The minimum absolute atomic E-state index is 0.00750. The molecule has 0 aromatic carbocycles. The van der Waals surface area contributed by atoms with Crippen LogP contribution in [-0.4, -0.2) is 37.1 Å². The number of imidazole rings is 1. The van der Waals surface area contributed by atoms with Gasteiger partial charge in [-0.1, -0.05) is 0 Å². The predicted molar refractivity (Wildman–Crippen MR) is 118 cm³/mol. The number of alkyl halides is 3. The Kier molecular flexibility index (Phi) is 5.23. The number of aryl methyl sites for hydroxylation is 2. The van der Waals surface area contributed by atoms with E-state index in [9.17, 15) is 22.8 Å². The van der Waals surface area contributed by atoms with E-state index in [0.29, 0.717) is 30.9 Å². The first-order chi connectivity index (χ1) is 15.6. The van der Waals surface area contributed by atoms with Gasteiger partial charge < -0.3 is 14.0 Å². The van der Waals surface area contributed by atoms with Crippen molar-refractivity contribution in [2.45, 2.75) is 58.4 Å². The van der Waals surface area contributed by atoms with Crippen molar-refractivity contribution in [3.63, 3.8) is 0 Å². The van der Waals surface area contributed by atoms with Gasteiger partial charge in [-0.2, -0.15) is 13.2 Å². The lowest BCUT2D eigenvalue weighted by Gasteiger charge is -2.35. The van der Waals surface area contributed by atoms with E-state index in [-0.39, 0.29) is 30.3 Å². The molecule has 3 aromatic rings. The van der Waals surface area contributed by atoms with E-state index in [2.05, 4.69) is 4.98 Å². The number of hydrogen-bond acceptors (Lipinski definition) is 4. The summed E-state index contributed by atoms with van der Waals surface area (Å²) in [4.78, 5) is 34.1. The lowest BCUT2D eigenvalue weighted by Crippen LogP contribution is -2.49. The summed E-state index contributed by atoms with van der Waals surface area (Å²) < 4.78 is 42.6. The molecule has 1 amide bonds. The summed E-state index contributed by atoms with van der Waals surface area (Å²) in [6, 6.07) is 4.87. The molecule has 0 bridgehead atoms. The van der Waals surface area contributed by atoms with Crippen molar-refractivity contribution < 1.29 is 18.0 Å². The molecule has 1 aliphatic heterocycles. The van der Waals surface area contributed by atoms with E-state index in [0.717, 1.165) is 21.0 Å². The van der Waals surface area contributed by atoms with Gasteiger partial charge in [0.2, 0.25) is 0 Å². The maximum Gasteiger partial charge on any atom is 0.392 e. The Morgan fingerprint density at radius 1 is 1.24 bits per heavy atom. The Balaban J connectivity index is 1.40. The highest BCUT2D eigenvalue weighted by Gasteiger charge is 2.41. The van der Waals surface area contributed by atoms with Crippen molar-refractivity contribution in [3.8, 4) is 5.69 Å². The van der Waals surface area contributed by atoms with E-state index < -0.39 is 12.1 Å². The van der Waals surface area contributed by atoms with Crippen LogP contribution in [0.25, 0.3) is 5.69 Å². The second-order valence-corrected chi connectivity index (χ2v) is 10.1. The molecule has 33 heavy (non-hydrogen) atoms. The van der Waals surface area contributed by atoms with Crippen LogP contribution in [-0.2, 0) is 25.9 Å². The number of carbonyl (C=O) groups is 1. The first-order valence-corrected chi connectivity index (χ1v) is 11.7. The Hall–Kier alpha value is -2.88. The van der Waals surface area contributed by atoms with Crippen LogP contribution in [0.3, 0.4) is 0 Å². The minimum Gasteiger partial charge on any atom is -0.328 e. The molecule has 0 saturated carbocycles. The molecule has 0 fully saturated rings. The number of pyridine rings is 1. The molecule has 2 atom stereocenters. The zero-order valence-electron chi connectivity index (χ0n) is 18.2. The highest BCUT2D eigenvalue weighted by atomic mass is 32.1. The van der Waals surface area contributed by atoms with Crippen LogP contribution in [0.1, 0.15) is 44.8 Å². The number of nitrogens with zero attached hydrogens (tertiary/aromatic N) is 4. The molecule has 3 aromatic heterocycles. The summed E-state index contributed by atoms with van der Waals surface area (Å²) >= 11 is 1.49. The Labute approximate surface area is 192 Å². The number of carbonyl (C=O) groups excluding carboxylic acids is 1. The van der Waals surface area contributed by atoms with Crippen molar-refractivity contribution in [3.05, 3.63) is 67.8 Å². The first kappa shape index (κ1) is 21.9. The van der Waals surface area contributed by atoms with Gasteiger partial charge >= 0.3 is 6.18 Å². The van der Waals surface area contributed by atoms with Gasteiger partial charge in [-0.25, -0.2) is 4.98 Å². The average molecular weight is 477 g/mol. The zero-order valence-corrected chi connectivity index (χ0v) is 19.0. The second-order valence-electron chi connectivity index (χ2n) is 8.87. The van der Waals surface area contributed by atoms with Crippen LogP contribution in [0.15, 0.2) is 35.5 Å². The van der Waals surface area contributed by atoms with Crippen molar-refractivity contribution >= 4 is 17.2 Å². The van der Waals surface area contributed by atoms with Crippen LogP contribution in [0.5, 0.6) is 0 Å². The van der Waals surface area contributed by atoms with Gasteiger partial charge in [0.1, 0.15) is 11.4 Å². The van der Waals surface area contributed by atoms with Crippen molar-refractivity contribution in [1.29, 1.82) is 0 Å². The van der Waals surface area contributed by atoms with Crippen molar-refractivity contribution in [2.75, 3.05) is 0 Å². The van der Waals surface area contributed by atoms with Gasteiger partial charge in [-0.3, -0.25) is 9.59 Å². The summed E-state index contributed by atoms with van der Waals surface area (Å²) in [7, 11) is 0. The number of thiophene rings is 1. The molecule has 0 saturated heterocycles. The second kappa shape index (κ2) is 7.86. The molecule has 174 valence electrons. The molecule has 0 N–H and O–H groups in total. The molecule has 6 nitrogen and oxygen atoms in total. The summed E-state index contributed by atoms with van der Waals surface area (Å²) in [6.45, 7) is 4.39. The van der Waals surface area contributed by atoms with Crippen molar-refractivity contribution in [2.24, 2.45) is 5.92 Å². The maximum absolute atomic E-state index is 13.3. The fraction of sp³-hybridized carbons (Fsp3) is 0.435. The SMILES string of the molecule is Cc1cn(-c2ccc3n(c2=O)CC(C)N(Cc2cc4c(s2)CCC(C(F)(F)F)C4)C3=O)cn1. The normalized spacial score (nSPS) is 20.6. The van der Waals surface area contributed by atoms with Gasteiger partial charge in [0.05, 0.1) is 24.5 Å². The molecule has 10 heteroatoms. The lowest BCUT2D eigenvalue weighted by atomic mass is 9.88. The number of amides is 1. The molecule has 0 radical (unpaired) electrons. The molecule has 2 unspecified atom stereocenters. The number of rotatable bonds is 3. The van der Waals surface area contributed by atoms with Gasteiger partial charge in [0.15, 0.2) is 0 Å². The fourth-order valence-electron chi connectivity index (χ4n) is 4.73. The Bertz CT molecular complexity index is 1290. The monoisotopic (exact) mass is 476 g/mol. The third-order valence-electron chi connectivity index (χ3n) is 6.53. The van der Waals surface area contributed by atoms with Crippen LogP contribution in [0.4, 0.5) is 13.2 Å². The third kappa shape index (κ3) is 3.90.